The van der Waals surface area contributed by atoms with Crippen LogP contribution < -0.4 is 5.32 Å². The van der Waals surface area contributed by atoms with Gasteiger partial charge in [0.25, 0.3) is 0 Å². The molecule has 1 aliphatic carbocycles. The van der Waals surface area contributed by atoms with E-state index in [9.17, 15) is 4.79 Å². The minimum atomic E-state index is -0.137. The van der Waals surface area contributed by atoms with Gasteiger partial charge in [0, 0.05) is 17.9 Å². The van der Waals surface area contributed by atoms with Crippen molar-refractivity contribution in [2.24, 2.45) is 0 Å². The fourth-order valence-corrected chi connectivity index (χ4v) is 2.69. The zero-order valence-corrected chi connectivity index (χ0v) is 12.8. The van der Waals surface area contributed by atoms with Crippen LogP contribution >= 0.6 is 0 Å². The highest BCUT2D eigenvalue weighted by Gasteiger charge is 2.22. The van der Waals surface area contributed by atoms with Gasteiger partial charge in [-0.3, -0.25) is 9.69 Å². The van der Waals surface area contributed by atoms with Crippen molar-refractivity contribution >= 4 is 5.91 Å². The fourth-order valence-electron chi connectivity index (χ4n) is 2.69. The maximum absolute atomic E-state index is 12.3. The van der Waals surface area contributed by atoms with Crippen molar-refractivity contribution in [3.05, 3.63) is 17.7 Å². The SMILES string of the molecule is Cc1cnc(CN(C)[C@@H](C)C(=O)NC2CCCCC2)[nH]1. The molecule has 20 heavy (non-hydrogen) atoms. The molecule has 112 valence electrons. The smallest absolute Gasteiger partial charge is 0.237 e. The number of rotatable bonds is 5. The molecule has 1 fully saturated rings. The van der Waals surface area contributed by atoms with Crippen LogP contribution in [0.1, 0.15) is 50.5 Å². The molecule has 1 saturated carbocycles. The summed E-state index contributed by atoms with van der Waals surface area (Å²) < 4.78 is 0. The van der Waals surface area contributed by atoms with E-state index in [1.54, 1.807) is 0 Å². The van der Waals surface area contributed by atoms with Crippen LogP contribution in [0.15, 0.2) is 6.20 Å². The molecule has 0 unspecified atom stereocenters. The molecule has 0 radical (unpaired) electrons. The monoisotopic (exact) mass is 278 g/mol. The number of nitrogens with one attached hydrogen (secondary N) is 2. The minimum absolute atomic E-state index is 0.127. The van der Waals surface area contributed by atoms with Gasteiger partial charge in [0.1, 0.15) is 5.82 Å². The van der Waals surface area contributed by atoms with Crippen molar-refractivity contribution in [3.8, 4) is 0 Å². The highest BCUT2D eigenvalue weighted by Crippen LogP contribution is 2.17. The lowest BCUT2D eigenvalue weighted by Gasteiger charge is -2.28. The number of aromatic amines is 1. The van der Waals surface area contributed by atoms with Crippen LogP contribution in [0.2, 0.25) is 0 Å². The van der Waals surface area contributed by atoms with Crippen LogP contribution in [0.3, 0.4) is 0 Å². The second kappa shape index (κ2) is 6.88. The van der Waals surface area contributed by atoms with E-state index in [0.717, 1.165) is 24.4 Å². The van der Waals surface area contributed by atoms with E-state index in [1.807, 2.05) is 32.0 Å². The van der Waals surface area contributed by atoms with Crippen LogP contribution in [0.5, 0.6) is 0 Å². The molecule has 0 aliphatic heterocycles. The van der Waals surface area contributed by atoms with E-state index in [0.29, 0.717) is 12.6 Å². The highest BCUT2D eigenvalue weighted by molar-refractivity contribution is 5.81. The number of aromatic nitrogens is 2. The average molecular weight is 278 g/mol. The van der Waals surface area contributed by atoms with Crippen molar-refractivity contribution in [1.82, 2.24) is 20.2 Å². The molecule has 0 aromatic carbocycles. The molecule has 1 aromatic heterocycles. The molecular weight excluding hydrogens is 252 g/mol. The van der Waals surface area contributed by atoms with Gasteiger partial charge in [0.15, 0.2) is 0 Å². The van der Waals surface area contributed by atoms with Crippen molar-refractivity contribution in [1.29, 1.82) is 0 Å². The van der Waals surface area contributed by atoms with Gasteiger partial charge in [0.2, 0.25) is 5.91 Å². The Balaban J connectivity index is 1.82. The molecule has 1 heterocycles. The van der Waals surface area contributed by atoms with Crippen molar-refractivity contribution < 1.29 is 4.79 Å². The average Bonchev–Trinajstić information content (AvgIpc) is 2.84. The first-order valence-electron chi connectivity index (χ1n) is 7.57. The molecule has 2 N–H and O–H groups in total. The largest absolute Gasteiger partial charge is 0.352 e. The summed E-state index contributed by atoms with van der Waals surface area (Å²) >= 11 is 0. The third-order valence-corrected chi connectivity index (χ3v) is 4.15. The molecule has 1 atom stereocenters. The van der Waals surface area contributed by atoms with Gasteiger partial charge in [0.05, 0.1) is 12.6 Å². The maximum atomic E-state index is 12.3. The Morgan fingerprint density at radius 2 is 2.20 bits per heavy atom. The molecule has 5 nitrogen and oxygen atoms in total. The van der Waals surface area contributed by atoms with Gasteiger partial charge in [-0.1, -0.05) is 19.3 Å². The van der Waals surface area contributed by atoms with Crippen LogP contribution in [-0.4, -0.2) is 39.9 Å². The van der Waals surface area contributed by atoms with E-state index >= 15 is 0 Å². The summed E-state index contributed by atoms with van der Waals surface area (Å²) in [6.45, 7) is 4.59. The fraction of sp³-hybridized carbons (Fsp3) is 0.733. The van der Waals surface area contributed by atoms with E-state index in [1.165, 1.54) is 19.3 Å². The van der Waals surface area contributed by atoms with Crippen molar-refractivity contribution in [2.45, 2.75) is 64.6 Å². The predicted octanol–water partition coefficient (Wildman–Crippen LogP) is 1.99. The molecule has 1 amide bonds. The number of amides is 1. The zero-order chi connectivity index (χ0) is 14.5. The maximum Gasteiger partial charge on any atom is 0.237 e. The number of hydrogen-bond donors (Lipinski definition) is 2. The Kier molecular flexibility index (Phi) is 5.17. The molecular formula is C15H26N4O. The Morgan fingerprint density at radius 1 is 1.50 bits per heavy atom. The van der Waals surface area contributed by atoms with Gasteiger partial charge in [-0.05, 0) is 33.7 Å². The number of aryl methyl sites for hydroxylation is 1. The Bertz CT molecular complexity index is 437. The summed E-state index contributed by atoms with van der Waals surface area (Å²) in [7, 11) is 1.96. The number of likely N-dealkylation sites (N-methyl/N-ethyl adjacent to an activating group) is 1. The molecule has 2 rings (SSSR count). The standard InChI is InChI=1S/C15H26N4O/c1-11-9-16-14(17-11)10-19(3)12(2)15(20)18-13-7-5-4-6-8-13/h9,12-13H,4-8,10H2,1-3H3,(H,16,17)(H,18,20)/t12-/m0/s1. The van der Waals surface area contributed by atoms with E-state index in [4.69, 9.17) is 0 Å². The Hall–Kier alpha value is -1.36. The summed E-state index contributed by atoms with van der Waals surface area (Å²) in [5.74, 6) is 1.03. The molecule has 0 spiro atoms. The molecule has 0 bridgehead atoms. The first kappa shape index (κ1) is 15.0. The lowest BCUT2D eigenvalue weighted by molar-refractivity contribution is -0.126. The summed E-state index contributed by atoms with van der Waals surface area (Å²) in [5.41, 5.74) is 1.05. The summed E-state index contributed by atoms with van der Waals surface area (Å²) in [4.78, 5) is 21.8. The lowest BCUT2D eigenvalue weighted by Crippen LogP contribution is -2.47. The lowest BCUT2D eigenvalue weighted by atomic mass is 9.95. The third kappa shape index (κ3) is 4.07. The van der Waals surface area contributed by atoms with Gasteiger partial charge in [-0.25, -0.2) is 4.98 Å². The number of H-pyrrole nitrogens is 1. The van der Waals surface area contributed by atoms with E-state index < -0.39 is 0 Å². The number of nitrogens with zero attached hydrogens (tertiary/aromatic N) is 2. The van der Waals surface area contributed by atoms with Crippen LogP contribution in [0, 0.1) is 6.92 Å². The van der Waals surface area contributed by atoms with Crippen molar-refractivity contribution in [3.63, 3.8) is 0 Å². The summed E-state index contributed by atoms with van der Waals surface area (Å²) in [5, 5.41) is 3.18. The van der Waals surface area contributed by atoms with Crippen LogP contribution in [-0.2, 0) is 11.3 Å². The first-order chi connectivity index (χ1) is 9.56. The first-order valence-corrected chi connectivity index (χ1v) is 7.57. The van der Waals surface area contributed by atoms with Crippen LogP contribution in [0.25, 0.3) is 0 Å². The van der Waals surface area contributed by atoms with Gasteiger partial charge in [-0.2, -0.15) is 0 Å². The normalized spacial score (nSPS) is 18.2. The van der Waals surface area contributed by atoms with Crippen molar-refractivity contribution in [2.75, 3.05) is 7.05 Å². The number of carbonyl (C=O) groups excluding carboxylic acids is 1. The quantitative estimate of drug-likeness (QED) is 0.866. The topological polar surface area (TPSA) is 61.0 Å². The Labute approximate surface area is 121 Å². The third-order valence-electron chi connectivity index (χ3n) is 4.15. The zero-order valence-electron chi connectivity index (χ0n) is 12.8. The van der Waals surface area contributed by atoms with Gasteiger partial charge in [-0.15, -0.1) is 0 Å². The summed E-state index contributed by atoms with van der Waals surface area (Å²) in [6.07, 6.45) is 7.84. The van der Waals surface area contributed by atoms with E-state index in [-0.39, 0.29) is 11.9 Å². The number of carbonyl (C=O) groups is 1. The minimum Gasteiger partial charge on any atom is -0.352 e. The molecule has 5 heteroatoms. The van der Waals surface area contributed by atoms with Gasteiger partial charge >= 0.3 is 0 Å². The molecule has 1 aliphatic rings. The number of imidazole rings is 1. The van der Waals surface area contributed by atoms with Crippen LogP contribution in [0.4, 0.5) is 0 Å². The van der Waals surface area contributed by atoms with Gasteiger partial charge < -0.3 is 10.3 Å². The second-order valence-corrected chi connectivity index (χ2v) is 5.95. The Morgan fingerprint density at radius 3 is 2.80 bits per heavy atom. The highest BCUT2D eigenvalue weighted by atomic mass is 16.2. The summed E-state index contributed by atoms with van der Waals surface area (Å²) in [6, 6.07) is 0.236. The second-order valence-electron chi connectivity index (χ2n) is 5.95. The molecule has 0 saturated heterocycles. The number of hydrogen-bond acceptors (Lipinski definition) is 3. The van der Waals surface area contributed by atoms with E-state index in [2.05, 4.69) is 15.3 Å². The predicted molar refractivity (Wildman–Crippen MR) is 79.3 cm³/mol. The molecule has 1 aromatic rings.